The third-order valence-corrected chi connectivity index (χ3v) is 3.93. The highest BCUT2D eigenvalue weighted by molar-refractivity contribution is 5.89. The maximum Gasteiger partial charge on any atom is 0.280 e. The van der Waals surface area contributed by atoms with Crippen LogP contribution in [0.2, 0.25) is 0 Å². The van der Waals surface area contributed by atoms with Gasteiger partial charge in [0.1, 0.15) is 12.4 Å². The minimum absolute atomic E-state index is 0.0344. The number of rotatable bonds is 6. The molecule has 3 aromatic carbocycles. The van der Waals surface area contributed by atoms with Gasteiger partial charge in [0.2, 0.25) is 5.91 Å². The lowest BCUT2D eigenvalue weighted by Crippen LogP contribution is -2.05. The third kappa shape index (κ3) is 4.70. The van der Waals surface area contributed by atoms with Gasteiger partial charge in [0, 0.05) is 12.6 Å². The van der Waals surface area contributed by atoms with Gasteiger partial charge in [0.25, 0.3) is 5.69 Å². The van der Waals surface area contributed by atoms with Crippen LogP contribution in [0, 0.1) is 10.1 Å². The van der Waals surface area contributed by atoms with Crippen LogP contribution in [-0.2, 0) is 11.4 Å². The summed E-state index contributed by atoms with van der Waals surface area (Å²) in [6.45, 7) is 1.76. The van der Waals surface area contributed by atoms with E-state index in [9.17, 15) is 14.9 Å². The summed E-state index contributed by atoms with van der Waals surface area (Å²) >= 11 is 0. The van der Waals surface area contributed by atoms with Gasteiger partial charge in [-0.2, -0.15) is 0 Å². The predicted octanol–water partition coefficient (Wildman–Crippen LogP) is 4.80. The van der Waals surface area contributed by atoms with Gasteiger partial charge in [-0.1, -0.05) is 42.5 Å². The van der Waals surface area contributed by atoms with Crippen LogP contribution < -0.4 is 10.1 Å². The maximum atomic E-state index is 11.5. The Kier molecular flexibility index (Phi) is 5.47. The highest BCUT2D eigenvalue weighted by Crippen LogP contribution is 2.34. The fourth-order valence-electron chi connectivity index (χ4n) is 2.67. The van der Waals surface area contributed by atoms with E-state index in [2.05, 4.69) is 5.32 Å². The molecule has 0 heterocycles. The summed E-state index contributed by atoms with van der Waals surface area (Å²) in [4.78, 5) is 22.2. The first kappa shape index (κ1) is 18.1. The van der Waals surface area contributed by atoms with Crippen molar-refractivity contribution in [1.82, 2.24) is 0 Å². The van der Waals surface area contributed by atoms with Crippen molar-refractivity contribution in [2.75, 3.05) is 5.32 Å². The Morgan fingerprint density at radius 3 is 2.37 bits per heavy atom. The maximum absolute atomic E-state index is 11.5. The zero-order valence-corrected chi connectivity index (χ0v) is 14.7. The van der Waals surface area contributed by atoms with Crippen LogP contribution in [0.5, 0.6) is 5.75 Å². The molecule has 136 valence electrons. The molecule has 1 amide bonds. The van der Waals surface area contributed by atoms with Crippen LogP contribution in [0.3, 0.4) is 0 Å². The van der Waals surface area contributed by atoms with Gasteiger partial charge < -0.3 is 10.1 Å². The first-order chi connectivity index (χ1) is 13.0. The second kappa shape index (κ2) is 8.14. The van der Waals surface area contributed by atoms with Crippen molar-refractivity contribution >= 4 is 17.3 Å². The molecule has 0 aliphatic heterocycles. The molecule has 0 aliphatic rings. The Morgan fingerprint density at radius 2 is 1.74 bits per heavy atom. The lowest BCUT2D eigenvalue weighted by atomic mass is 10.0. The van der Waals surface area contributed by atoms with E-state index in [4.69, 9.17) is 4.74 Å². The van der Waals surface area contributed by atoms with Crippen LogP contribution in [0.1, 0.15) is 12.5 Å². The van der Waals surface area contributed by atoms with E-state index in [0.29, 0.717) is 29.2 Å². The molecule has 0 atom stereocenters. The number of carbonyl (C=O) groups is 1. The highest BCUT2D eigenvalue weighted by Gasteiger charge is 2.17. The van der Waals surface area contributed by atoms with Crippen LogP contribution in [-0.4, -0.2) is 10.8 Å². The van der Waals surface area contributed by atoms with E-state index in [-0.39, 0.29) is 11.6 Å². The van der Waals surface area contributed by atoms with E-state index in [1.807, 2.05) is 30.3 Å². The minimum atomic E-state index is -0.424. The van der Waals surface area contributed by atoms with Crippen molar-refractivity contribution in [2.24, 2.45) is 0 Å². The Hall–Kier alpha value is -3.67. The summed E-state index contributed by atoms with van der Waals surface area (Å²) in [5.41, 5.74) is 2.76. The number of nitrogens with zero attached hydrogens (tertiary/aromatic N) is 1. The van der Waals surface area contributed by atoms with Crippen molar-refractivity contribution < 1.29 is 14.5 Å². The lowest BCUT2D eigenvalue weighted by Gasteiger charge is -2.09. The van der Waals surface area contributed by atoms with Crippen LogP contribution in [0.15, 0.2) is 72.8 Å². The third-order valence-electron chi connectivity index (χ3n) is 3.93. The lowest BCUT2D eigenvalue weighted by molar-refractivity contribution is -0.384. The number of nitro groups is 1. The fourth-order valence-corrected chi connectivity index (χ4v) is 2.67. The molecule has 0 radical (unpaired) electrons. The van der Waals surface area contributed by atoms with Crippen molar-refractivity contribution in [3.8, 4) is 16.9 Å². The van der Waals surface area contributed by atoms with Crippen molar-refractivity contribution in [3.63, 3.8) is 0 Å². The van der Waals surface area contributed by atoms with Crippen molar-refractivity contribution in [2.45, 2.75) is 13.5 Å². The molecule has 0 fully saturated rings. The molecular formula is C21H18N2O4. The van der Waals surface area contributed by atoms with E-state index >= 15 is 0 Å². The van der Waals surface area contributed by atoms with Crippen LogP contribution in [0.25, 0.3) is 11.1 Å². The molecular weight excluding hydrogens is 344 g/mol. The Morgan fingerprint density at radius 1 is 1.04 bits per heavy atom. The van der Waals surface area contributed by atoms with Crippen molar-refractivity contribution in [3.05, 3.63) is 88.5 Å². The van der Waals surface area contributed by atoms with Gasteiger partial charge in [-0.25, -0.2) is 0 Å². The number of anilines is 1. The normalized spacial score (nSPS) is 10.3. The van der Waals surface area contributed by atoms with Gasteiger partial charge >= 0.3 is 0 Å². The molecule has 0 unspecified atom stereocenters. The SMILES string of the molecule is CC(=O)Nc1ccc(-c2ccc(OCc3ccccc3)cc2[N+](=O)[O-])cc1. The number of hydrogen-bond donors (Lipinski definition) is 1. The summed E-state index contributed by atoms with van der Waals surface area (Å²) in [6, 6.07) is 21.3. The quantitative estimate of drug-likeness (QED) is 0.504. The Labute approximate surface area is 156 Å². The number of hydrogen-bond acceptors (Lipinski definition) is 4. The highest BCUT2D eigenvalue weighted by atomic mass is 16.6. The molecule has 6 heteroatoms. The number of ether oxygens (including phenoxy) is 1. The average molecular weight is 362 g/mol. The molecule has 0 spiro atoms. The number of amides is 1. The van der Waals surface area contributed by atoms with E-state index in [0.717, 1.165) is 5.56 Å². The molecule has 6 nitrogen and oxygen atoms in total. The number of carbonyl (C=O) groups excluding carboxylic acids is 1. The number of nitrogens with one attached hydrogen (secondary N) is 1. The molecule has 0 saturated heterocycles. The zero-order valence-electron chi connectivity index (χ0n) is 14.7. The zero-order chi connectivity index (χ0) is 19.2. The standard InChI is InChI=1S/C21H18N2O4/c1-15(24)22-18-9-7-17(8-10-18)20-12-11-19(13-21(20)23(25)26)27-14-16-5-3-2-4-6-16/h2-13H,14H2,1H3,(H,22,24). The molecule has 0 aromatic heterocycles. The van der Waals surface area contributed by atoms with Crippen molar-refractivity contribution in [1.29, 1.82) is 0 Å². The molecule has 3 rings (SSSR count). The average Bonchev–Trinajstić information content (AvgIpc) is 2.67. The molecule has 27 heavy (non-hydrogen) atoms. The van der Waals surface area contributed by atoms with Crippen LogP contribution >= 0.6 is 0 Å². The first-order valence-electron chi connectivity index (χ1n) is 8.36. The van der Waals surface area contributed by atoms with Crippen LogP contribution in [0.4, 0.5) is 11.4 Å². The summed E-state index contributed by atoms with van der Waals surface area (Å²) in [5.74, 6) is 0.262. The molecule has 0 aliphatic carbocycles. The Bertz CT molecular complexity index is 954. The van der Waals surface area contributed by atoms with Gasteiger partial charge in [0.05, 0.1) is 16.6 Å². The monoisotopic (exact) mass is 362 g/mol. The first-order valence-corrected chi connectivity index (χ1v) is 8.36. The number of benzene rings is 3. The van der Waals surface area contributed by atoms with Gasteiger partial charge in [-0.15, -0.1) is 0 Å². The van der Waals surface area contributed by atoms with E-state index in [1.54, 1.807) is 36.4 Å². The Balaban J connectivity index is 1.83. The summed E-state index contributed by atoms with van der Waals surface area (Å²) < 4.78 is 5.68. The molecule has 0 saturated carbocycles. The summed E-state index contributed by atoms with van der Waals surface area (Å²) in [7, 11) is 0. The van der Waals surface area contributed by atoms with Gasteiger partial charge in [-0.05, 0) is 35.4 Å². The second-order valence-corrected chi connectivity index (χ2v) is 5.97. The molecule has 0 bridgehead atoms. The fraction of sp³-hybridized carbons (Fsp3) is 0.0952. The van der Waals surface area contributed by atoms with Gasteiger partial charge in [0.15, 0.2) is 0 Å². The van der Waals surface area contributed by atoms with E-state index < -0.39 is 4.92 Å². The second-order valence-electron chi connectivity index (χ2n) is 5.97. The largest absolute Gasteiger partial charge is 0.489 e. The minimum Gasteiger partial charge on any atom is -0.489 e. The van der Waals surface area contributed by atoms with Gasteiger partial charge in [-0.3, -0.25) is 14.9 Å². The summed E-state index contributed by atoms with van der Waals surface area (Å²) in [5, 5.41) is 14.2. The molecule has 3 aromatic rings. The predicted molar refractivity (Wildman–Crippen MR) is 104 cm³/mol. The smallest absolute Gasteiger partial charge is 0.280 e. The van der Waals surface area contributed by atoms with E-state index in [1.165, 1.54) is 13.0 Å². The number of nitro benzene ring substituents is 1. The molecule has 1 N–H and O–H groups in total. The topological polar surface area (TPSA) is 81.5 Å². The summed E-state index contributed by atoms with van der Waals surface area (Å²) in [6.07, 6.45) is 0.